The largest absolute Gasteiger partial charge is 0.403 e. The van der Waals surface area contributed by atoms with Crippen LogP contribution < -0.4 is 5.73 Å². The van der Waals surface area contributed by atoms with Crippen molar-refractivity contribution in [1.82, 2.24) is 0 Å². The third kappa shape index (κ3) is 2.45. The standard InChI is InChI=1S/C3H6F3N/c1-2(7)3(4,5)6/h2H,7H2,1H3/i1D3,2D. The number of nitrogens with two attached hydrogens (primary N) is 1. The van der Waals surface area contributed by atoms with Crippen molar-refractivity contribution in [2.75, 3.05) is 0 Å². The summed E-state index contributed by atoms with van der Waals surface area (Å²) in [4.78, 5) is 0. The van der Waals surface area contributed by atoms with Crippen LogP contribution in [-0.2, 0) is 0 Å². The average molecular weight is 117 g/mol. The SMILES string of the molecule is [2H]C([2H])([2H])C([2H])(N)C(F)(F)F. The summed E-state index contributed by atoms with van der Waals surface area (Å²) in [5.41, 5.74) is 4.25. The fourth-order valence-electron chi connectivity index (χ4n) is 0. The van der Waals surface area contributed by atoms with Crippen LogP contribution in [0.5, 0.6) is 0 Å². The lowest BCUT2D eigenvalue weighted by Gasteiger charge is -2.07. The van der Waals surface area contributed by atoms with Gasteiger partial charge in [0, 0.05) is 4.11 Å². The molecule has 0 aliphatic carbocycles. The van der Waals surface area contributed by atoms with Gasteiger partial charge >= 0.3 is 6.18 Å². The van der Waals surface area contributed by atoms with Gasteiger partial charge in [0.05, 0.1) is 7.39 Å². The van der Waals surface area contributed by atoms with E-state index in [0.717, 1.165) is 0 Å². The molecule has 7 heavy (non-hydrogen) atoms. The Hall–Kier alpha value is -0.250. The molecule has 1 nitrogen and oxygen atoms in total. The van der Waals surface area contributed by atoms with Gasteiger partial charge in [0.1, 0.15) is 0 Å². The molecule has 0 saturated heterocycles. The lowest BCUT2D eigenvalue weighted by Crippen LogP contribution is -2.33. The van der Waals surface area contributed by atoms with Crippen LogP contribution in [0.1, 0.15) is 12.3 Å². The molecule has 0 aromatic carbocycles. The van der Waals surface area contributed by atoms with Crippen molar-refractivity contribution in [2.45, 2.75) is 19.0 Å². The molecule has 1 unspecified atom stereocenters. The quantitative estimate of drug-likeness (QED) is 0.501. The highest BCUT2D eigenvalue weighted by Gasteiger charge is 2.32. The Kier molecular flexibility index (Phi) is 0.568. The van der Waals surface area contributed by atoms with Crippen LogP contribution >= 0.6 is 0 Å². The van der Waals surface area contributed by atoms with Crippen LogP contribution in [0.2, 0.25) is 0 Å². The first-order chi connectivity index (χ1) is 4.50. The predicted octanol–water partition coefficient (Wildman–Crippen LogP) is 0.896. The summed E-state index contributed by atoms with van der Waals surface area (Å²) in [6.45, 7) is -3.55. The normalized spacial score (nSPS) is 31.4. The van der Waals surface area contributed by atoms with E-state index in [9.17, 15) is 13.2 Å². The Morgan fingerprint density at radius 1 is 1.86 bits per heavy atom. The highest BCUT2D eigenvalue weighted by atomic mass is 19.4. The fraction of sp³-hybridized carbons (Fsp3) is 1.00. The van der Waals surface area contributed by atoms with Crippen LogP contribution in [0.4, 0.5) is 13.2 Å². The smallest absolute Gasteiger partial charge is 0.320 e. The average Bonchev–Trinajstić information content (AvgIpc) is 1.58. The van der Waals surface area contributed by atoms with Crippen molar-refractivity contribution in [2.24, 2.45) is 5.73 Å². The molecule has 0 spiro atoms. The van der Waals surface area contributed by atoms with Gasteiger partial charge in [-0.15, -0.1) is 0 Å². The summed E-state index contributed by atoms with van der Waals surface area (Å²) in [6.07, 6.45) is -5.24. The highest BCUT2D eigenvalue weighted by molar-refractivity contribution is 4.61. The highest BCUT2D eigenvalue weighted by Crippen LogP contribution is 2.16. The molecule has 44 valence electrons. The monoisotopic (exact) mass is 117 g/mol. The minimum Gasteiger partial charge on any atom is -0.320 e. The molecule has 4 heteroatoms. The van der Waals surface area contributed by atoms with Crippen LogP contribution in [0.3, 0.4) is 0 Å². The van der Waals surface area contributed by atoms with Crippen LogP contribution in [-0.4, -0.2) is 12.2 Å². The molecule has 0 aromatic rings. The van der Waals surface area contributed by atoms with Gasteiger partial charge in [-0.3, -0.25) is 0 Å². The molecule has 0 aromatic heterocycles. The van der Waals surface area contributed by atoms with Crippen molar-refractivity contribution in [3.8, 4) is 0 Å². The van der Waals surface area contributed by atoms with Crippen molar-refractivity contribution < 1.29 is 18.7 Å². The Labute approximate surface area is 44.9 Å². The Bertz CT molecular complexity index is 132. The zero-order valence-electron chi connectivity index (χ0n) is 7.21. The summed E-state index contributed by atoms with van der Waals surface area (Å²) in [6, 6.07) is -3.88. The number of halogens is 3. The van der Waals surface area contributed by atoms with Gasteiger partial charge in [-0.05, 0) is 6.85 Å². The lowest BCUT2D eigenvalue weighted by atomic mass is 10.4. The van der Waals surface area contributed by atoms with E-state index in [0.29, 0.717) is 0 Å². The second-order valence-electron chi connectivity index (χ2n) is 0.911. The van der Waals surface area contributed by atoms with E-state index in [-0.39, 0.29) is 0 Å². The van der Waals surface area contributed by atoms with Gasteiger partial charge < -0.3 is 5.73 Å². The summed E-state index contributed by atoms with van der Waals surface area (Å²) in [5.74, 6) is 0. The summed E-state index contributed by atoms with van der Waals surface area (Å²) >= 11 is 0. The first kappa shape index (κ1) is 2.35. The van der Waals surface area contributed by atoms with Gasteiger partial charge in [0.2, 0.25) is 0 Å². The molecule has 0 saturated carbocycles. The third-order valence-electron chi connectivity index (χ3n) is 0.305. The Morgan fingerprint density at radius 3 is 2.29 bits per heavy atom. The molecule has 0 amide bonds. The maximum Gasteiger partial charge on any atom is 0.403 e. The molecule has 0 rings (SSSR count). The number of rotatable bonds is 0. The Balaban J connectivity index is 4.75. The minimum atomic E-state index is -5.24. The van der Waals surface area contributed by atoms with Crippen LogP contribution in [0.15, 0.2) is 0 Å². The van der Waals surface area contributed by atoms with E-state index in [1.54, 1.807) is 0 Å². The van der Waals surface area contributed by atoms with Gasteiger partial charge in [0.25, 0.3) is 0 Å². The van der Waals surface area contributed by atoms with E-state index < -0.39 is 19.0 Å². The van der Waals surface area contributed by atoms with E-state index in [4.69, 9.17) is 5.48 Å². The van der Waals surface area contributed by atoms with Crippen molar-refractivity contribution in [3.05, 3.63) is 0 Å². The number of hydrogen-bond acceptors (Lipinski definition) is 1. The molecule has 0 fully saturated rings. The van der Waals surface area contributed by atoms with E-state index in [2.05, 4.69) is 5.73 Å². The van der Waals surface area contributed by atoms with Gasteiger partial charge in [-0.25, -0.2) is 0 Å². The molecule has 0 aliphatic heterocycles. The number of hydrogen-bond donors (Lipinski definition) is 1. The zero-order valence-corrected chi connectivity index (χ0v) is 3.21. The minimum absolute atomic E-state index is 3.55. The number of alkyl halides is 3. The Morgan fingerprint density at radius 2 is 2.29 bits per heavy atom. The van der Waals surface area contributed by atoms with E-state index >= 15 is 0 Å². The first-order valence-electron chi connectivity index (χ1n) is 3.36. The third-order valence-corrected chi connectivity index (χ3v) is 0.305. The topological polar surface area (TPSA) is 26.0 Å². The predicted molar refractivity (Wildman–Crippen MR) is 19.7 cm³/mol. The van der Waals surface area contributed by atoms with Gasteiger partial charge in [-0.1, -0.05) is 0 Å². The van der Waals surface area contributed by atoms with Gasteiger partial charge in [0.15, 0.2) is 0 Å². The second kappa shape index (κ2) is 1.69. The van der Waals surface area contributed by atoms with Crippen LogP contribution in [0, 0.1) is 0 Å². The van der Waals surface area contributed by atoms with Gasteiger partial charge in [-0.2, -0.15) is 13.2 Å². The van der Waals surface area contributed by atoms with Crippen LogP contribution in [0.25, 0.3) is 0 Å². The van der Waals surface area contributed by atoms with Crippen molar-refractivity contribution >= 4 is 0 Å². The van der Waals surface area contributed by atoms with Crippen molar-refractivity contribution in [3.63, 3.8) is 0 Å². The van der Waals surface area contributed by atoms with Crippen molar-refractivity contribution in [1.29, 1.82) is 0 Å². The lowest BCUT2D eigenvalue weighted by molar-refractivity contribution is -0.143. The zero-order chi connectivity index (χ0) is 9.50. The summed E-state index contributed by atoms with van der Waals surface area (Å²) < 4.78 is 60.2. The first-order valence-corrected chi connectivity index (χ1v) is 1.36. The second-order valence-corrected chi connectivity index (χ2v) is 0.911. The molecular formula is C3H6F3N. The fourth-order valence-corrected chi connectivity index (χ4v) is 0. The molecule has 2 N–H and O–H groups in total. The van der Waals surface area contributed by atoms with E-state index in [1.165, 1.54) is 0 Å². The molecule has 0 bridgehead atoms. The van der Waals surface area contributed by atoms with E-state index in [1.807, 2.05) is 0 Å². The molecular weight excluding hydrogens is 107 g/mol. The summed E-state index contributed by atoms with van der Waals surface area (Å²) in [7, 11) is 0. The molecule has 0 heterocycles. The molecule has 0 radical (unpaired) electrons. The maximum absolute atomic E-state index is 11.7. The summed E-state index contributed by atoms with van der Waals surface area (Å²) in [5, 5.41) is 0. The maximum atomic E-state index is 11.7. The molecule has 0 aliphatic rings. The molecule has 1 atom stereocenters.